The van der Waals surface area contributed by atoms with Crippen LogP contribution in [0.4, 0.5) is 0 Å². The highest BCUT2D eigenvalue weighted by molar-refractivity contribution is 6.39. The molecule has 0 saturated carbocycles. The zero-order valence-corrected chi connectivity index (χ0v) is 18.9. The Labute approximate surface area is 199 Å². The number of hydrogen-bond acceptors (Lipinski definition) is 5. The Morgan fingerprint density at radius 2 is 1.76 bits per heavy atom. The Morgan fingerprint density at radius 3 is 2.39 bits per heavy atom. The van der Waals surface area contributed by atoms with E-state index in [1.54, 1.807) is 37.4 Å². The normalized spacial score (nSPS) is 12.8. The molecule has 4 rings (SSSR count). The molecule has 33 heavy (non-hydrogen) atoms. The first-order valence-electron chi connectivity index (χ1n) is 9.92. The summed E-state index contributed by atoms with van der Waals surface area (Å²) in [5, 5.41) is 12.4. The van der Waals surface area contributed by atoms with Crippen LogP contribution in [0.5, 0.6) is 17.2 Å². The Kier molecular flexibility index (Phi) is 6.62. The van der Waals surface area contributed by atoms with Gasteiger partial charge >= 0.3 is 5.97 Å². The first kappa shape index (κ1) is 22.8. The number of carboxylic acids is 1. The summed E-state index contributed by atoms with van der Waals surface area (Å²) in [6.07, 6.45) is 0.0626. The van der Waals surface area contributed by atoms with Crippen LogP contribution in [0.1, 0.15) is 15.9 Å². The van der Waals surface area contributed by atoms with E-state index in [-0.39, 0.29) is 28.8 Å². The molecule has 170 valence electrons. The first-order valence-corrected chi connectivity index (χ1v) is 10.7. The number of carbonyl (C=O) groups is 2. The summed E-state index contributed by atoms with van der Waals surface area (Å²) < 4.78 is 16.5. The van der Waals surface area contributed by atoms with E-state index in [0.29, 0.717) is 22.8 Å². The van der Waals surface area contributed by atoms with E-state index in [2.05, 4.69) is 5.32 Å². The molecule has 0 aliphatic carbocycles. The predicted molar refractivity (Wildman–Crippen MR) is 124 cm³/mol. The third kappa shape index (κ3) is 4.69. The summed E-state index contributed by atoms with van der Waals surface area (Å²) in [6, 6.07) is 14.3. The van der Waals surface area contributed by atoms with Gasteiger partial charge in [-0.05, 0) is 35.4 Å². The van der Waals surface area contributed by atoms with E-state index in [9.17, 15) is 14.7 Å². The number of fused-ring (bicyclic) bond motifs is 1. The van der Waals surface area contributed by atoms with E-state index in [4.69, 9.17) is 37.4 Å². The minimum absolute atomic E-state index is 0.0367. The van der Waals surface area contributed by atoms with Gasteiger partial charge in [0.15, 0.2) is 11.5 Å². The Balaban J connectivity index is 1.55. The van der Waals surface area contributed by atoms with Crippen molar-refractivity contribution >= 4 is 35.1 Å². The second kappa shape index (κ2) is 9.60. The molecule has 3 aromatic rings. The van der Waals surface area contributed by atoms with Gasteiger partial charge in [-0.15, -0.1) is 0 Å². The van der Waals surface area contributed by atoms with Crippen molar-refractivity contribution in [3.63, 3.8) is 0 Å². The fourth-order valence-electron chi connectivity index (χ4n) is 3.59. The maximum atomic E-state index is 12.6. The van der Waals surface area contributed by atoms with Crippen LogP contribution in [0.3, 0.4) is 0 Å². The van der Waals surface area contributed by atoms with Crippen molar-refractivity contribution in [2.45, 2.75) is 12.5 Å². The summed E-state index contributed by atoms with van der Waals surface area (Å²) in [4.78, 5) is 24.4. The molecule has 0 spiro atoms. The van der Waals surface area contributed by atoms with Crippen molar-refractivity contribution in [3.8, 4) is 28.4 Å². The maximum absolute atomic E-state index is 12.6. The van der Waals surface area contributed by atoms with Crippen LogP contribution in [-0.4, -0.2) is 36.9 Å². The highest BCUT2D eigenvalue weighted by Crippen LogP contribution is 2.46. The maximum Gasteiger partial charge on any atom is 0.326 e. The summed E-state index contributed by atoms with van der Waals surface area (Å²) in [5.41, 5.74) is 2.31. The van der Waals surface area contributed by atoms with Crippen LogP contribution in [0, 0.1) is 0 Å². The van der Waals surface area contributed by atoms with Crippen LogP contribution in [0.25, 0.3) is 11.1 Å². The Hall–Kier alpha value is -3.42. The molecule has 0 bridgehead atoms. The molecule has 1 amide bonds. The SMILES string of the molecule is COc1ccc2c(c1-c1ccc(C[C@H](NC(=O)c3c(Cl)cccc3Cl)C(=O)O)cc1)OCO2. The van der Waals surface area contributed by atoms with Gasteiger partial charge in [-0.1, -0.05) is 53.5 Å². The lowest BCUT2D eigenvalue weighted by atomic mass is 9.99. The van der Waals surface area contributed by atoms with Crippen LogP contribution in [0.15, 0.2) is 54.6 Å². The molecule has 2 N–H and O–H groups in total. The molecule has 0 saturated heterocycles. The number of amides is 1. The number of aliphatic carboxylic acids is 1. The molecule has 1 heterocycles. The van der Waals surface area contributed by atoms with Crippen LogP contribution >= 0.6 is 23.2 Å². The first-order chi connectivity index (χ1) is 15.9. The smallest absolute Gasteiger partial charge is 0.326 e. The lowest BCUT2D eigenvalue weighted by Gasteiger charge is -2.16. The van der Waals surface area contributed by atoms with Gasteiger partial charge in [0.2, 0.25) is 6.79 Å². The molecule has 0 radical (unpaired) electrons. The minimum atomic E-state index is -1.18. The van der Waals surface area contributed by atoms with Gasteiger partial charge < -0.3 is 24.6 Å². The molecule has 7 nitrogen and oxygen atoms in total. The number of halogens is 2. The molecule has 3 aromatic carbocycles. The van der Waals surface area contributed by atoms with Crippen molar-refractivity contribution in [2.24, 2.45) is 0 Å². The number of carboxylic acid groups (broad SMARTS) is 1. The number of hydrogen-bond donors (Lipinski definition) is 2. The molecular formula is C24H19Cl2NO6. The third-order valence-electron chi connectivity index (χ3n) is 5.20. The molecule has 1 atom stereocenters. The van der Waals surface area contributed by atoms with Crippen molar-refractivity contribution in [3.05, 3.63) is 75.8 Å². The van der Waals surface area contributed by atoms with Crippen molar-refractivity contribution in [1.82, 2.24) is 5.32 Å². The summed E-state index contributed by atoms with van der Waals surface area (Å²) in [7, 11) is 1.57. The molecule has 0 aromatic heterocycles. The number of benzene rings is 3. The average molecular weight is 488 g/mol. The number of nitrogens with one attached hydrogen (secondary N) is 1. The molecule has 1 aliphatic heterocycles. The predicted octanol–water partition coefficient (Wildman–Crippen LogP) is 4.82. The lowest BCUT2D eigenvalue weighted by Crippen LogP contribution is -2.42. The van der Waals surface area contributed by atoms with E-state index >= 15 is 0 Å². The standard InChI is InChI=1S/C24H19Cl2NO6/c1-31-18-9-10-19-22(33-12-32-19)20(18)14-7-5-13(6-8-14)11-17(24(29)30)27-23(28)21-15(25)3-2-4-16(21)26/h2-10,17H,11-12H2,1H3,(H,27,28)(H,29,30)/t17-/m0/s1. The van der Waals surface area contributed by atoms with Crippen LogP contribution in [-0.2, 0) is 11.2 Å². The molecule has 9 heteroatoms. The quantitative estimate of drug-likeness (QED) is 0.495. The van der Waals surface area contributed by atoms with Crippen molar-refractivity contribution in [1.29, 1.82) is 0 Å². The largest absolute Gasteiger partial charge is 0.496 e. The van der Waals surface area contributed by atoms with Crippen LogP contribution in [0.2, 0.25) is 10.0 Å². The fourth-order valence-corrected chi connectivity index (χ4v) is 4.16. The molecular weight excluding hydrogens is 469 g/mol. The summed E-state index contributed by atoms with van der Waals surface area (Å²) in [6.45, 7) is 0.128. The zero-order chi connectivity index (χ0) is 23.5. The van der Waals surface area contributed by atoms with Gasteiger partial charge in [0.05, 0.1) is 28.3 Å². The molecule has 0 fully saturated rings. The molecule has 0 unspecified atom stereocenters. The highest BCUT2D eigenvalue weighted by atomic mass is 35.5. The van der Waals surface area contributed by atoms with Gasteiger partial charge in [-0.2, -0.15) is 0 Å². The van der Waals surface area contributed by atoms with Gasteiger partial charge in [0.1, 0.15) is 11.8 Å². The zero-order valence-electron chi connectivity index (χ0n) is 17.4. The second-order valence-corrected chi connectivity index (χ2v) is 8.05. The van der Waals surface area contributed by atoms with E-state index in [0.717, 1.165) is 11.1 Å². The lowest BCUT2D eigenvalue weighted by molar-refractivity contribution is -0.139. The summed E-state index contributed by atoms with van der Waals surface area (Å²) >= 11 is 12.1. The fraction of sp³-hybridized carbons (Fsp3) is 0.167. The Bertz CT molecular complexity index is 1190. The topological polar surface area (TPSA) is 94.1 Å². The van der Waals surface area contributed by atoms with Gasteiger partial charge in [0.25, 0.3) is 5.91 Å². The van der Waals surface area contributed by atoms with Gasteiger partial charge in [-0.3, -0.25) is 4.79 Å². The average Bonchev–Trinajstić information content (AvgIpc) is 3.27. The van der Waals surface area contributed by atoms with E-state index in [1.165, 1.54) is 12.1 Å². The monoisotopic (exact) mass is 487 g/mol. The second-order valence-electron chi connectivity index (χ2n) is 7.24. The minimum Gasteiger partial charge on any atom is -0.496 e. The van der Waals surface area contributed by atoms with E-state index < -0.39 is 17.9 Å². The van der Waals surface area contributed by atoms with E-state index in [1.807, 2.05) is 12.1 Å². The highest BCUT2D eigenvalue weighted by Gasteiger charge is 2.25. The molecule has 1 aliphatic rings. The third-order valence-corrected chi connectivity index (χ3v) is 5.83. The number of ether oxygens (including phenoxy) is 3. The van der Waals surface area contributed by atoms with Crippen LogP contribution < -0.4 is 19.5 Å². The van der Waals surface area contributed by atoms with Crippen molar-refractivity contribution in [2.75, 3.05) is 13.9 Å². The number of carbonyl (C=O) groups excluding carboxylic acids is 1. The number of methoxy groups -OCH3 is 1. The van der Waals surface area contributed by atoms with Crippen molar-refractivity contribution < 1.29 is 28.9 Å². The number of rotatable bonds is 7. The van der Waals surface area contributed by atoms with Gasteiger partial charge in [-0.25, -0.2) is 4.79 Å². The summed E-state index contributed by atoms with van der Waals surface area (Å²) in [5.74, 6) is 0.00973. The Morgan fingerprint density at radius 1 is 1.06 bits per heavy atom. The van der Waals surface area contributed by atoms with Gasteiger partial charge in [0, 0.05) is 6.42 Å².